The standard InChI is InChI=1S/C7H3F4NO2.C6H6/c8-5-2-1-4(7(9,10)11)3-6(5)12(13)14;1-2-4-6-5-3-1/h1-3H;1-6H. The first-order valence-electron chi connectivity index (χ1n) is 5.33. The normalized spacial score (nSPS) is 10.4. The number of nitrogens with zero attached hydrogens (tertiary/aromatic N) is 1. The molecule has 0 unspecified atom stereocenters. The van der Waals surface area contributed by atoms with Gasteiger partial charge in [-0.05, 0) is 12.1 Å². The van der Waals surface area contributed by atoms with Crippen molar-refractivity contribution in [2.24, 2.45) is 0 Å². The van der Waals surface area contributed by atoms with Gasteiger partial charge >= 0.3 is 11.9 Å². The molecule has 0 aromatic heterocycles. The first-order valence-corrected chi connectivity index (χ1v) is 5.33. The second-order valence-corrected chi connectivity index (χ2v) is 3.58. The number of nitro groups is 1. The summed E-state index contributed by atoms with van der Waals surface area (Å²) in [6.07, 6.45) is -4.71. The summed E-state index contributed by atoms with van der Waals surface area (Å²) in [5.41, 5.74) is -2.43. The monoisotopic (exact) mass is 287 g/mol. The van der Waals surface area contributed by atoms with E-state index in [1.165, 1.54) is 0 Å². The Balaban J connectivity index is 0.000000276. The van der Waals surface area contributed by atoms with Crippen LogP contribution in [0.1, 0.15) is 5.56 Å². The van der Waals surface area contributed by atoms with Gasteiger partial charge in [0.2, 0.25) is 5.82 Å². The molecule has 2 aromatic carbocycles. The summed E-state index contributed by atoms with van der Waals surface area (Å²) in [7, 11) is 0. The lowest BCUT2D eigenvalue weighted by atomic mass is 10.2. The summed E-state index contributed by atoms with van der Waals surface area (Å²) in [4.78, 5) is 8.90. The fourth-order valence-electron chi connectivity index (χ4n) is 1.21. The average Bonchev–Trinajstić information content (AvgIpc) is 2.40. The van der Waals surface area contributed by atoms with Crippen LogP contribution in [0.25, 0.3) is 0 Å². The van der Waals surface area contributed by atoms with Gasteiger partial charge in [-0.1, -0.05) is 36.4 Å². The molecule has 7 heteroatoms. The van der Waals surface area contributed by atoms with E-state index in [1.54, 1.807) is 0 Å². The number of nitro benzene ring substituents is 1. The van der Waals surface area contributed by atoms with Crippen molar-refractivity contribution in [1.29, 1.82) is 0 Å². The van der Waals surface area contributed by atoms with Gasteiger partial charge in [0.25, 0.3) is 0 Å². The maximum absolute atomic E-state index is 12.6. The van der Waals surface area contributed by atoms with Gasteiger partial charge in [-0.3, -0.25) is 10.1 Å². The number of rotatable bonds is 1. The Morgan fingerprint density at radius 2 is 1.40 bits per heavy atom. The maximum Gasteiger partial charge on any atom is 0.416 e. The molecule has 0 heterocycles. The van der Waals surface area contributed by atoms with E-state index in [0.717, 1.165) is 0 Å². The molecule has 0 saturated carbocycles. The van der Waals surface area contributed by atoms with E-state index in [-0.39, 0.29) is 6.07 Å². The minimum absolute atomic E-state index is 0.162. The predicted octanol–water partition coefficient (Wildman–Crippen LogP) is 4.44. The van der Waals surface area contributed by atoms with Crippen LogP contribution in [0.2, 0.25) is 0 Å². The summed E-state index contributed by atoms with van der Waals surface area (Å²) in [6.45, 7) is 0. The van der Waals surface area contributed by atoms with Crippen molar-refractivity contribution in [2.45, 2.75) is 6.18 Å². The fourth-order valence-corrected chi connectivity index (χ4v) is 1.21. The first-order chi connectivity index (χ1) is 9.32. The summed E-state index contributed by atoms with van der Waals surface area (Å²) in [5.74, 6) is -1.29. The van der Waals surface area contributed by atoms with Crippen molar-refractivity contribution in [2.75, 3.05) is 0 Å². The molecular formula is C13H9F4NO2. The summed E-state index contributed by atoms with van der Waals surface area (Å²) in [6, 6.07) is 13.0. The van der Waals surface area contributed by atoms with E-state index in [2.05, 4.69) is 0 Å². The molecule has 0 amide bonds. The lowest BCUT2D eigenvalue weighted by molar-refractivity contribution is -0.387. The highest BCUT2D eigenvalue weighted by molar-refractivity contribution is 5.37. The van der Waals surface area contributed by atoms with Crippen LogP contribution < -0.4 is 0 Å². The largest absolute Gasteiger partial charge is 0.416 e. The topological polar surface area (TPSA) is 43.1 Å². The van der Waals surface area contributed by atoms with Gasteiger partial charge in [0.15, 0.2) is 0 Å². The molecule has 106 valence electrons. The van der Waals surface area contributed by atoms with Crippen molar-refractivity contribution >= 4 is 5.69 Å². The maximum atomic E-state index is 12.6. The Morgan fingerprint density at radius 3 is 1.75 bits per heavy atom. The molecule has 0 aliphatic carbocycles. The van der Waals surface area contributed by atoms with Crippen LogP contribution in [-0.4, -0.2) is 4.92 Å². The molecule has 2 aromatic rings. The first kappa shape index (κ1) is 15.6. The third-order valence-corrected chi connectivity index (χ3v) is 2.14. The van der Waals surface area contributed by atoms with Crippen molar-refractivity contribution < 1.29 is 22.5 Å². The van der Waals surface area contributed by atoms with Crippen LogP contribution in [0.15, 0.2) is 54.6 Å². The van der Waals surface area contributed by atoms with Gasteiger partial charge in [0.05, 0.1) is 10.5 Å². The molecule has 0 atom stereocenters. The molecular weight excluding hydrogens is 278 g/mol. The minimum Gasteiger partial charge on any atom is -0.258 e. The summed E-state index contributed by atoms with van der Waals surface area (Å²) in [5, 5.41) is 10.1. The lowest BCUT2D eigenvalue weighted by Crippen LogP contribution is -2.06. The van der Waals surface area contributed by atoms with Gasteiger partial charge in [0, 0.05) is 6.07 Å². The smallest absolute Gasteiger partial charge is 0.258 e. The molecule has 0 N–H and O–H groups in total. The average molecular weight is 287 g/mol. The molecule has 0 saturated heterocycles. The molecule has 0 spiro atoms. The molecule has 0 aliphatic rings. The summed E-state index contributed by atoms with van der Waals surface area (Å²) >= 11 is 0. The highest BCUT2D eigenvalue weighted by Crippen LogP contribution is 2.32. The van der Waals surface area contributed by atoms with Gasteiger partial charge in [-0.2, -0.15) is 17.6 Å². The van der Waals surface area contributed by atoms with Crippen LogP contribution >= 0.6 is 0 Å². The van der Waals surface area contributed by atoms with Gasteiger partial charge in [0.1, 0.15) is 0 Å². The molecule has 0 fully saturated rings. The van der Waals surface area contributed by atoms with E-state index >= 15 is 0 Å². The van der Waals surface area contributed by atoms with E-state index in [4.69, 9.17) is 0 Å². The molecule has 0 bridgehead atoms. The number of benzene rings is 2. The van der Waals surface area contributed by atoms with Crippen molar-refractivity contribution in [3.05, 3.63) is 76.1 Å². The predicted molar refractivity (Wildman–Crippen MR) is 64.5 cm³/mol. The number of hydrogen-bond acceptors (Lipinski definition) is 2. The molecule has 0 radical (unpaired) electrons. The van der Waals surface area contributed by atoms with Crippen molar-refractivity contribution in [1.82, 2.24) is 0 Å². The zero-order chi connectivity index (χ0) is 15.2. The van der Waals surface area contributed by atoms with E-state index < -0.39 is 28.2 Å². The van der Waals surface area contributed by atoms with Crippen LogP contribution in [0.5, 0.6) is 0 Å². The molecule has 20 heavy (non-hydrogen) atoms. The second-order valence-electron chi connectivity index (χ2n) is 3.58. The Kier molecular flexibility index (Phi) is 5.19. The Hall–Kier alpha value is -2.44. The fraction of sp³-hybridized carbons (Fsp3) is 0.0769. The Bertz CT molecular complexity index is 544. The highest BCUT2D eigenvalue weighted by atomic mass is 19.4. The van der Waals surface area contributed by atoms with E-state index in [9.17, 15) is 27.7 Å². The third kappa shape index (κ3) is 4.68. The molecule has 0 aliphatic heterocycles. The van der Waals surface area contributed by atoms with Gasteiger partial charge in [-0.25, -0.2) is 0 Å². The van der Waals surface area contributed by atoms with Crippen LogP contribution in [0, 0.1) is 15.9 Å². The van der Waals surface area contributed by atoms with Gasteiger partial charge < -0.3 is 0 Å². The van der Waals surface area contributed by atoms with Crippen molar-refractivity contribution in [3.63, 3.8) is 0 Å². The van der Waals surface area contributed by atoms with Crippen molar-refractivity contribution in [3.8, 4) is 0 Å². The summed E-state index contributed by atoms with van der Waals surface area (Å²) < 4.78 is 48.7. The Labute approximate surface area is 111 Å². The van der Waals surface area contributed by atoms with Gasteiger partial charge in [-0.15, -0.1) is 0 Å². The number of hydrogen-bond donors (Lipinski definition) is 0. The quantitative estimate of drug-likeness (QED) is 0.442. The second kappa shape index (κ2) is 6.65. The van der Waals surface area contributed by atoms with E-state index in [0.29, 0.717) is 12.1 Å². The molecule has 2 rings (SSSR count). The SMILES string of the molecule is O=[N+]([O-])c1cc(C(F)(F)F)ccc1F.c1ccccc1. The van der Waals surface area contributed by atoms with Crippen LogP contribution in [-0.2, 0) is 6.18 Å². The number of halogens is 4. The molecule has 3 nitrogen and oxygen atoms in total. The zero-order valence-corrected chi connectivity index (χ0v) is 9.97. The number of alkyl halides is 3. The van der Waals surface area contributed by atoms with Crippen LogP contribution in [0.4, 0.5) is 23.2 Å². The minimum atomic E-state index is -4.71. The zero-order valence-electron chi connectivity index (χ0n) is 9.97. The lowest BCUT2D eigenvalue weighted by Gasteiger charge is -2.05. The highest BCUT2D eigenvalue weighted by Gasteiger charge is 2.33. The Morgan fingerprint density at radius 1 is 0.950 bits per heavy atom. The third-order valence-electron chi connectivity index (χ3n) is 2.14. The van der Waals surface area contributed by atoms with Crippen LogP contribution in [0.3, 0.4) is 0 Å². The van der Waals surface area contributed by atoms with E-state index in [1.807, 2.05) is 36.4 Å².